The standard InChI is InChI=1S/C15H15F2N7O2/c1-14(2)5-23(6-15(14,16)17)11-8-4-24(22-10(8)19-7-20-11)9-3-18-13(26)21-12(9)25/h3-4,7H,5-6H2,1-2H3,(H2,18,21,25,26). The maximum absolute atomic E-state index is 14.2. The highest BCUT2D eigenvalue weighted by Gasteiger charge is 2.54. The Morgan fingerprint density at radius 1 is 1.19 bits per heavy atom. The van der Waals surface area contributed by atoms with Crippen molar-refractivity contribution >= 4 is 16.9 Å². The van der Waals surface area contributed by atoms with Crippen LogP contribution in [0.5, 0.6) is 0 Å². The van der Waals surface area contributed by atoms with Crippen molar-refractivity contribution in [2.24, 2.45) is 5.41 Å². The number of anilines is 1. The third kappa shape index (κ3) is 2.38. The van der Waals surface area contributed by atoms with Gasteiger partial charge in [-0.25, -0.2) is 28.2 Å². The fourth-order valence-corrected chi connectivity index (χ4v) is 3.03. The van der Waals surface area contributed by atoms with Crippen LogP contribution in [0, 0.1) is 5.41 Å². The average Bonchev–Trinajstić information content (AvgIpc) is 3.05. The highest BCUT2D eigenvalue weighted by Crippen LogP contribution is 2.44. The van der Waals surface area contributed by atoms with E-state index in [1.54, 1.807) is 0 Å². The number of alkyl halides is 2. The Kier molecular flexibility index (Phi) is 3.27. The van der Waals surface area contributed by atoms with Crippen LogP contribution in [0.1, 0.15) is 13.8 Å². The number of nitrogens with one attached hydrogen (secondary N) is 2. The molecular formula is C15H15F2N7O2. The summed E-state index contributed by atoms with van der Waals surface area (Å²) in [7, 11) is 0. The Hall–Kier alpha value is -3.11. The number of nitrogens with zero attached hydrogens (tertiary/aromatic N) is 5. The normalized spacial score (nSPS) is 18.5. The molecule has 0 aliphatic carbocycles. The quantitative estimate of drug-likeness (QED) is 0.692. The van der Waals surface area contributed by atoms with Gasteiger partial charge in [0.25, 0.3) is 11.5 Å². The van der Waals surface area contributed by atoms with Gasteiger partial charge >= 0.3 is 5.69 Å². The van der Waals surface area contributed by atoms with Gasteiger partial charge in [-0.1, -0.05) is 13.8 Å². The van der Waals surface area contributed by atoms with E-state index >= 15 is 0 Å². The molecule has 0 amide bonds. The van der Waals surface area contributed by atoms with Crippen LogP contribution in [0.2, 0.25) is 0 Å². The molecule has 0 saturated carbocycles. The van der Waals surface area contributed by atoms with Crippen LogP contribution in [0.4, 0.5) is 14.6 Å². The summed E-state index contributed by atoms with van der Waals surface area (Å²) in [6, 6.07) is 0. The van der Waals surface area contributed by atoms with Crippen LogP contribution in [-0.2, 0) is 0 Å². The maximum atomic E-state index is 14.2. The van der Waals surface area contributed by atoms with E-state index < -0.39 is 29.1 Å². The van der Waals surface area contributed by atoms with Crippen LogP contribution in [0.15, 0.2) is 28.3 Å². The lowest BCUT2D eigenvalue weighted by atomic mass is 9.89. The van der Waals surface area contributed by atoms with Gasteiger partial charge in [0.2, 0.25) is 0 Å². The van der Waals surface area contributed by atoms with E-state index in [4.69, 9.17) is 0 Å². The molecule has 3 aromatic heterocycles. The van der Waals surface area contributed by atoms with Crippen LogP contribution in [0.3, 0.4) is 0 Å². The van der Waals surface area contributed by atoms with Gasteiger partial charge in [0.15, 0.2) is 5.65 Å². The molecule has 0 atom stereocenters. The van der Waals surface area contributed by atoms with Crippen molar-refractivity contribution in [2.45, 2.75) is 19.8 Å². The Morgan fingerprint density at radius 3 is 2.62 bits per heavy atom. The summed E-state index contributed by atoms with van der Waals surface area (Å²) in [6.07, 6.45) is 3.94. The fourth-order valence-electron chi connectivity index (χ4n) is 3.03. The average molecular weight is 363 g/mol. The van der Waals surface area contributed by atoms with Crippen molar-refractivity contribution in [3.05, 3.63) is 39.6 Å². The first-order chi connectivity index (χ1) is 12.2. The molecule has 0 bridgehead atoms. The monoisotopic (exact) mass is 363 g/mol. The van der Waals surface area contributed by atoms with Gasteiger partial charge in [-0.3, -0.25) is 9.78 Å². The number of hydrogen-bond donors (Lipinski definition) is 2. The topological polar surface area (TPSA) is 113 Å². The molecule has 0 spiro atoms. The van der Waals surface area contributed by atoms with Crippen LogP contribution in [0.25, 0.3) is 16.7 Å². The second-order valence-corrected chi connectivity index (χ2v) is 6.91. The van der Waals surface area contributed by atoms with Crippen LogP contribution < -0.4 is 16.1 Å². The predicted molar refractivity (Wildman–Crippen MR) is 88.8 cm³/mol. The summed E-state index contributed by atoms with van der Waals surface area (Å²) in [4.78, 5) is 37.2. The number of halogens is 2. The smallest absolute Gasteiger partial charge is 0.325 e. The summed E-state index contributed by atoms with van der Waals surface area (Å²) in [5.74, 6) is -2.54. The molecule has 0 unspecified atom stereocenters. The number of aromatic nitrogens is 6. The van der Waals surface area contributed by atoms with Gasteiger partial charge in [-0.2, -0.15) is 0 Å². The van der Waals surface area contributed by atoms with E-state index in [1.165, 1.54) is 42.2 Å². The Bertz CT molecular complexity index is 1100. The zero-order valence-electron chi connectivity index (χ0n) is 14.0. The minimum atomic E-state index is -2.86. The Labute approximate surface area is 144 Å². The molecule has 1 fully saturated rings. The minimum absolute atomic E-state index is 0.0700. The number of rotatable bonds is 2. The largest absolute Gasteiger partial charge is 0.349 e. The van der Waals surface area contributed by atoms with Gasteiger partial charge in [0.05, 0.1) is 11.9 Å². The lowest BCUT2D eigenvalue weighted by molar-refractivity contribution is -0.0642. The van der Waals surface area contributed by atoms with Crippen molar-refractivity contribution in [3.8, 4) is 5.69 Å². The van der Waals surface area contributed by atoms with E-state index in [9.17, 15) is 18.4 Å². The predicted octanol–water partition coefficient (Wildman–Crippen LogP) is 0.674. The first-order valence-electron chi connectivity index (χ1n) is 7.83. The molecule has 136 valence electrons. The molecule has 9 nitrogen and oxygen atoms in total. The molecule has 0 radical (unpaired) electrons. The summed E-state index contributed by atoms with van der Waals surface area (Å²) < 4.78 is 29.7. The molecule has 26 heavy (non-hydrogen) atoms. The Balaban J connectivity index is 1.83. The van der Waals surface area contributed by atoms with E-state index in [0.717, 1.165) is 0 Å². The zero-order chi connectivity index (χ0) is 18.7. The summed E-state index contributed by atoms with van der Waals surface area (Å²) in [5.41, 5.74) is -2.15. The van der Waals surface area contributed by atoms with Gasteiger partial charge in [-0.15, -0.1) is 5.10 Å². The summed E-state index contributed by atoms with van der Waals surface area (Å²) >= 11 is 0. The molecule has 3 aromatic rings. The number of aromatic amines is 2. The first kappa shape index (κ1) is 16.4. The fraction of sp³-hybridized carbons (Fsp3) is 0.400. The summed E-state index contributed by atoms with van der Waals surface area (Å²) in [5, 5.41) is 4.62. The molecule has 11 heteroatoms. The first-order valence-corrected chi connectivity index (χ1v) is 7.83. The number of fused-ring (bicyclic) bond motifs is 1. The van der Waals surface area contributed by atoms with E-state index in [2.05, 4.69) is 25.0 Å². The van der Waals surface area contributed by atoms with Crippen molar-refractivity contribution in [2.75, 3.05) is 18.0 Å². The second-order valence-electron chi connectivity index (χ2n) is 6.91. The van der Waals surface area contributed by atoms with Crippen LogP contribution in [-0.4, -0.2) is 48.7 Å². The minimum Gasteiger partial charge on any atom is -0.349 e. The Morgan fingerprint density at radius 2 is 1.96 bits per heavy atom. The molecule has 4 rings (SSSR count). The highest BCUT2D eigenvalue weighted by molar-refractivity contribution is 5.87. The van der Waals surface area contributed by atoms with Crippen molar-refractivity contribution in [3.63, 3.8) is 0 Å². The van der Waals surface area contributed by atoms with Gasteiger partial charge in [0, 0.05) is 24.4 Å². The lowest BCUT2D eigenvalue weighted by Crippen LogP contribution is -2.34. The SMILES string of the molecule is CC1(C)CN(c2ncnc3nn(-c4c[nH]c(=O)[nH]c4=O)cc23)CC1(F)F. The molecular weight excluding hydrogens is 348 g/mol. The van der Waals surface area contributed by atoms with Crippen LogP contribution >= 0.6 is 0 Å². The van der Waals surface area contributed by atoms with Crippen molar-refractivity contribution in [1.29, 1.82) is 0 Å². The third-order valence-corrected chi connectivity index (χ3v) is 4.61. The third-order valence-electron chi connectivity index (χ3n) is 4.61. The highest BCUT2D eigenvalue weighted by atomic mass is 19.3. The zero-order valence-corrected chi connectivity index (χ0v) is 14.0. The van der Waals surface area contributed by atoms with Gasteiger partial charge in [-0.05, 0) is 0 Å². The van der Waals surface area contributed by atoms with Crippen molar-refractivity contribution in [1.82, 2.24) is 29.7 Å². The maximum Gasteiger partial charge on any atom is 0.325 e. The second kappa shape index (κ2) is 5.19. The molecule has 0 aromatic carbocycles. The van der Waals surface area contributed by atoms with E-state index in [-0.39, 0.29) is 17.9 Å². The number of hydrogen-bond acceptors (Lipinski definition) is 6. The van der Waals surface area contributed by atoms with Gasteiger partial charge < -0.3 is 9.88 Å². The van der Waals surface area contributed by atoms with Crippen molar-refractivity contribution < 1.29 is 8.78 Å². The van der Waals surface area contributed by atoms with E-state index in [0.29, 0.717) is 11.2 Å². The lowest BCUT2D eigenvalue weighted by Gasteiger charge is -2.23. The molecule has 2 N–H and O–H groups in total. The molecule has 4 heterocycles. The molecule has 1 saturated heterocycles. The molecule has 1 aliphatic rings. The molecule has 1 aliphatic heterocycles. The van der Waals surface area contributed by atoms with E-state index in [1.807, 2.05) is 0 Å². The van der Waals surface area contributed by atoms with Gasteiger partial charge in [0.1, 0.15) is 17.8 Å². The number of H-pyrrole nitrogens is 2. The summed E-state index contributed by atoms with van der Waals surface area (Å²) in [6.45, 7) is 2.68.